The quantitative estimate of drug-likeness (QED) is 0.504. The summed E-state index contributed by atoms with van der Waals surface area (Å²) in [4.78, 5) is 19.6. The molecule has 0 saturated carbocycles. The molecule has 1 fully saturated rings. The van der Waals surface area contributed by atoms with E-state index < -0.39 is 0 Å². The summed E-state index contributed by atoms with van der Waals surface area (Å²) in [6, 6.07) is 4.81. The van der Waals surface area contributed by atoms with Gasteiger partial charge >= 0.3 is 0 Å². The van der Waals surface area contributed by atoms with Gasteiger partial charge in [0.15, 0.2) is 17.3 Å². The highest BCUT2D eigenvalue weighted by molar-refractivity contribution is 5.93. The second-order valence-corrected chi connectivity index (χ2v) is 7.28. The maximum absolute atomic E-state index is 13.3. The number of hydrogen-bond donors (Lipinski definition) is 0. The number of aromatic nitrogens is 5. The Morgan fingerprint density at radius 2 is 2.10 bits per heavy atom. The minimum absolute atomic E-state index is 0.226. The van der Waals surface area contributed by atoms with Crippen LogP contribution < -0.4 is 0 Å². The Kier molecular flexibility index (Phi) is 4.66. The van der Waals surface area contributed by atoms with Crippen molar-refractivity contribution in [2.24, 2.45) is 7.05 Å². The molecule has 1 aliphatic heterocycles. The summed E-state index contributed by atoms with van der Waals surface area (Å²) in [6.45, 7) is 0.587. The lowest BCUT2D eigenvalue weighted by molar-refractivity contribution is 0.0659. The molecule has 154 valence electrons. The molecule has 4 aromatic rings. The van der Waals surface area contributed by atoms with Crippen molar-refractivity contribution in [3.63, 3.8) is 0 Å². The predicted molar refractivity (Wildman–Crippen MR) is 103 cm³/mol. The second-order valence-electron chi connectivity index (χ2n) is 7.28. The van der Waals surface area contributed by atoms with Gasteiger partial charge in [-0.1, -0.05) is 23.2 Å². The summed E-state index contributed by atoms with van der Waals surface area (Å²) >= 11 is 0. The highest BCUT2D eigenvalue weighted by Gasteiger charge is 2.33. The fraction of sp³-hybridized carbons (Fsp3) is 0.350. The van der Waals surface area contributed by atoms with Crippen molar-refractivity contribution in [2.75, 3.05) is 6.54 Å². The molecule has 0 aromatic carbocycles. The molecule has 5 rings (SSSR count). The Morgan fingerprint density at radius 1 is 1.17 bits per heavy atom. The predicted octanol–water partition coefficient (Wildman–Crippen LogP) is 3.48. The zero-order valence-electron chi connectivity index (χ0n) is 16.4. The van der Waals surface area contributed by atoms with Crippen LogP contribution in [0.1, 0.15) is 48.0 Å². The topological polar surface area (TPSA) is 116 Å². The number of aryl methyl sites for hydroxylation is 1. The molecular formula is C20H20N6O4. The fourth-order valence-corrected chi connectivity index (χ4v) is 3.70. The Hall–Kier alpha value is -3.69. The van der Waals surface area contributed by atoms with E-state index in [1.54, 1.807) is 46.4 Å². The van der Waals surface area contributed by atoms with Gasteiger partial charge in [0.25, 0.3) is 11.8 Å². The van der Waals surface area contributed by atoms with E-state index in [4.69, 9.17) is 13.5 Å². The van der Waals surface area contributed by atoms with E-state index in [9.17, 15) is 4.79 Å². The van der Waals surface area contributed by atoms with Crippen molar-refractivity contribution in [3.8, 4) is 23.0 Å². The molecule has 10 heteroatoms. The van der Waals surface area contributed by atoms with Crippen molar-refractivity contribution in [2.45, 2.75) is 31.7 Å². The minimum atomic E-state index is -0.294. The maximum atomic E-state index is 13.3. The molecule has 0 radical (unpaired) electrons. The number of nitrogens with zero attached hydrogens (tertiary/aromatic N) is 6. The number of rotatable bonds is 4. The fourth-order valence-electron chi connectivity index (χ4n) is 3.70. The second kappa shape index (κ2) is 7.62. The number of likely N-dealkylation sites (tertiary alicyclic amines) is 1. The van der Waals surface area contributed by atoms with Crippen LogP contribution >= 0.6 is 0 Å². The van der Waals surface area contributed by atoms with E-state index in [0.29, 0.717) is 29.8 Å². The van der Waals surface area contributed by atoms with E-state index >= 15 is 0 Å². The van der Waals surface area contributed by atoms with Gasteiger partial charge in [-0.15, -0.1) is 0 Å². The number of hydrogen-bond acceptors (Lipinski definition) is 8. The van der Waals surface area contributed by atoms with Crippen molar-refractivity contribution in [1.82, 2.24) is 30.0 Å². The molecule has 1 aliphatic rings. The van der Waals surface area contributed by atoms with Crippen LogP contribution in [0.3, 0.4) is 0 Å². The number of furan rings is 1. The van der Waals surface area contributed by atoms with Gasteiger partial charge < -0.3 is 18.4 Å². The average Bonchev–Trinajstić information content (AvgIpc) is 3.52. The molecule has 4 aromatic heterocycles. The van der Waals surface area contributed by atoms with Gasteiger partial charge in [0, 0.05) is 25.9 Å². The zero-order valence-corrected chi connectivity index (χ0v) is 16.4. The highest BCUT2D eigenvalue weighted by Crippen LogP contribution is 2.31. The first-order valence-corrected chi connectivity index (χ1v) is 9.83. The Bertz CT molecular complexity index is 1140. The molecule has 1 saturated heterocycles. The molecule has 30 heavy (non-hydrogen) atoms. The van der Waals surface area contributed by atoms with Crippen LogP contribution in [0.4, 0.5) is 0 Å². The van der Waals surface area contributed by atoms with Crippen molar-refractivity contribution >= 4 is 5.91 Å². The highest BCUT2D eigenvalue weighted by atomic mass is 16.5. The molecule has 0 N–H and O–H groups in total. The molecule has 5 heterocycles. The van der Waals surface area contributed by atoms with E-state index in [1.165, 1.54) is 0 Å². The third kappa shape index (κ3) is 3.40. The van der Waals surface area contributed by atoms with Crippen LogP contribution in [0, 0.1) is 0 Å². The van der Waals surface area contributed by atoms with Crippen LogP contribution in [0.15, 0.2) is 50.3 Å². The summed E-state index contributed by atoms with van der Waals surface area (Å²) < 4.78 is 17.7. The number of carbonyl (C=O) groups is 1. The number of amides is 1. The molecule has 0 spiro atoms. The lowest BCUT2D eigenvalue weighted by Gasteiger charge is -2.26. The van der Waals surface area contributed by atoms with E-state index in [-0.39, 0.29) is 17.6 Å². The van der Waals surface area contributed by atoms with Gasteiger partial charge in [0.2, 0.25) is 5.76 Å². The van der Waals surface area contributed by atoms with Gasteiger partial charge in [0.05, 0.1) is 24.1 Å². The van der Waals surface area contributed by atoms with E-state index in [1.807, 2.05) is 7.05 Å². The smallest absolute Gasteiger partial charge is 0.276 e. The van der Waals surface area contributed by atoms with Crippen molar-refractivity contribution in [3.05, 3.63) is 48.4 Å². The third-order valence-corrected chi connectivity index (χ3v) is 5.20. The summed E-state index contributed by atoms with van der Waals surface area (Å²) in [5, 5.41) is 12.3. The van der Waals surface area contributed by atoms with Crippen LogP contribution in [-0.4, -0.2) is 42.4 Å². The lowest BCUT2D eigenvalue weighted by Crippen LogP contribution is -2.35. The van der Waals surface area contributed by atoms with Gasteiger partial charge in [-0.25, -0.2) is 0 Å². The zero-order chi connectivity index (χ0) is 20.5. The van der Waals surface area contributed by atoms with Crippen LogP contribution in [-0.2, 0) is 7.05 Å². The first kappa shape index (κ1) is 18.3. The van der Waals surface area contributed by atoms with Gasteiger partial charge in [-0.3, -0.25) is 9.48 Å². The van der Waals surface area contributed by atoms with E-state index in [0.717, 1.165) is 31.2 Å². The summed E-state index contributed by atoms with van der Waals surface area (Å²) in [5.74, 6) is 1.58. The molecule has 1 atom stereocenters. The van der Waals surface area contributed by atoms with E-state index in [2.05, 4.69) is 20.4 Å². The number of carbonyl (C=O) groups excluding carboxylic acids is 1. The largest absolute Gasteiger partial charge is 0.461 e. The van der Waals surface area contributed by atoms with Crippen LogP contribution in [0.2, 0.25) is 0 Å². The normalized spacial score (nSPS) is 17.2. The SMILES string of the molecule is Cn1cc(-c2nc([C@@H]3CCCCCN3C(=O)c3cc(-c4ccco4)on3)no2)cn1. The molecule has 10 nitrogen and oxygen atoms in total. The van der Waals surface area contributed by atoms with Crippen molar-refractivity contribution < 1.29 is 18.3 Å². The molecule has 0 bridgehead atoms. The summed E-state index contributed by atoms with van der Waals surface area (Å²) in [7, 11) is 1.82. The first-order valence-electron chi connectivity index (χ1n) is 9.83. The molecule has 1 amide bonds. The molecule has 0 aliphatic carbocycles. The van der Waals surface area contributed by atoms with Crippen LogP contribution in [0.25, 0.3) is 23.0 Å². The maximum Gasteiger partial charge on any atom is 0.276 e. The van der Waals surface area contributed by atoms with Crippen molar-refractivity contribution in [1.29, 1.82) is 0 Å². The van der Waals surface area contributed by atoms with Gasteiger partial charge in [-0.2, -0.15) is 10.1 Å². The standard InChI is InChI=1S/C20H20N6O4/c1-25-12-13(11-21-25)19-22-18(24-30-19)15-6-3-2-4-8-26(15)20(27)14-10-17(29-23-14)16-7-5-9-28-16/h5,7,9-12,15H,2-4,6,8H2,1H3/t15-/m0/s1. The lowest BCUT2D eigenvalue weighted by atomic mass is 10.1. The third-order valence-electron chi connectivity index (χ3n) is 5.20. The monoisotopic (exact) mass is 408 g/mol. The average molecular weight is 408 g/mol. The first-order chi connectivity index (χ1) is 14.7. The Morgan fingerprint density at radius 3 is 2.90 bits per heavy atom. The minimum Gasteiger partial charge on any atom is -0.461 e. The van der Waals surface area contributed by atoms with Gasteiger partial charge in [0.1, 0.15) is 0 Å². The summed E-state index contributed by atoms with van der Waals surface area (Å²) in [6.07, 6.45) is 8.67. The Labute approximate surface area is 171 Å². The molecule has 0 unspecified atom stereocenters. The summed E-state index contributed by atoms with van der Waals surface area (Å²) in [5.41, 5.74) is 0.964. The Balaban J connectivity index is 1.42. The van der Waals surface area contributed by atoms with Gasteiger partial charge in [-0.05, 0) is 25.0 Å². The molecular weight excluding hydrogens is 388 g/mol. The van der Waals surface area contributed by atoms with Crippen LogP contribution in [0.5, 0.6) is 0 Å².